The summed E-state index contributed by atoms with van der Waals surface area (Å²) >= 11 is 0. The average Bonchev–Trinajstić information content (AvgIpc) is 2.79. The van der Waals surface area contributed by atoms with Crippen molar-refractivity contribution in [1.82, 2.24) is 0 Å². The number of unbranched alkanes of at least 4 members (excludes halogenated alkanes) is 5. The largest absolute Gasteiger partial charge is 0.462 e. The number of para-hydroxylation sites is 1. The normalized spacial score (nSPS) is 11.1. The van der Waals surface area contributed by atoms with Crippen molar-refractivity contribution >= 4 is 16.9 Å². The van der Waals surface area contributed by atoms with Gasteiger partial charge in [0, 0.05) is 11.1 Å². The summed E-state index contributed by atoms with van der Waals surface area (Å²) < 4.78 is 11.3. The van der Waals surface area contributed by atoms with Crippen LogP contribution in [0.3, 0.4) is 0 Å². The Morgan fingerprint density at radius 3 is 2.35 bits per heavy atom. The molecule has 4 heteroatoms. The molecule has 0 aliphatic heterocycles. The average molecular weight is 421 g/mol. The van der Waals surface area contributed by atoms with Gasteiger partial charge < -0.3 is 9.15 Å². The van der Waals surface area contributed by atoms with E-state index in [1.807, 2.05) is 12.1 Å². The number of carbonyl (C=O) groups excluding carboxylic acids is 1. The van der Waals surface area contributed by atoms with Crippen molar-refractivity contribution in [2.45, 2.75) is 65.7 Å². The molecule has 4 nitrogen and oxygen atoms in total. The third-order valence-electron chi connectivity index (χ3n) is 5.68. The van der Waals surface area contributed by atoms with E-state index in [4.69, 9.17) is 9.15 Å². The molecular weight excluding hydrogens is 388 g/mol. The Balaban J connectivity index is 1.85. The van der Waals surface area contributed by atoms with Crippen LogP contribution in [0.15, 0.2) is 51.7 Å². The fourth-order valence-corrected chi connectivity index (χ4v) is 3.89. The molecule has 0 spiro atoms. The van der Waals surface area contributed by atoms with Gasteiger partial charge in [-0.1, -0.05) is 69.4 Å². The van der Waals surface area contributed by atoms with Crippen molar-refractivity contribution in [2.24, 2.45) is 0 Å². The first-order chi connectivity index (χ1) is 15.1. The standard InChI is InChI=1S/C27H32O4/c1-4-6-7-8-9-10-12-20-15-17-21(18-16-20)25-19(3)24(28)22-13-11-14-23(26(22)31-25)27(29)30-5-2/h11,13-18H,4-10,12H2,1-3H3. The van der Waals surface area contributed by atoms with Gasteiger partial charge in [0.2, 0.25) is 0 Å². The monoisotopic (exact) mass is 420 g/mol. The van der Waals surface area contributed by atoms with E-state index < -0.39 is 5.97 Å². The van der Waals surface area contributed by atoms with Crippen LogP contribution in [0.2, 0.25) is 0 Å². The van der Waals surface area contributed by atoms with Gasteiger partial charge in [0.05, 0.1) is 12.0 Å². The number of hydrogen-bond donors (Lipinski definition) is 0. The third-order valence-corrected chi connectivity index (χ3v) is 5.68. The number of rotatable bonds is 10. The summed E-state index contributed by atoms with van der Waals surface area (Å²) in [5, 5.41) is 0.395. The molecule has 0 amide bonds. The van der Waals surface area contributed by atoms with Crippen molar-refractivity contribution in [2.75, 3.05) is 6.61 Å². The van der Waals surface area contributed by atoms with Gasteiger partial charge in [-0.25, -0.2) is 4.79 Å². The van der Waals surface area contributed by atoms with E-state index in [9.17, 15) is 9.59 Å². The van der Waals surface area contributed by atoms with Crippen LogP contribution in [-0.4, -0.2) is 12.6 Å². The Morgan fingerprint density at radius 2 is 1.65 bits per heavy atom. The fraction of sp³-hybridized carbons (Fsp3) is 0.407. The Bertz CT molecular complexity index is 1080. The Labute approximate surface area is 184 Å². The van der Waals surface area contributed by atoms with E-state index in [1.54, 1.807) is 32.0 Å². The molecule has 0 atom stereocenters. The topological polar surface area (TPSA) is 56.5 Å². The first-order valence-corrected chi connectivity index (χ1v) is 11.4. The van der Waals surface area contributed by atoms with Crippen molar-refractivity contribution in [1.29, 1.82) is 0 Å². The second kappa shape index (κ2) is 10.9. The van der Waals surface area contributed by atoms with Crippen LogP contribution < -0.4 is 5.43 Å². The fourth-order valence-electron chi connectivity index (χ4n) is 3.89. The predicted molar refractivity (Wildman–Crippen MR) is 126 cm³/mol. The molecule has 0 radical (unpaired) electrons. The molecule has 0 N–H and O–H groups in total. The molecule has 0 bridgehead atoms. The predicted octanol–water partition coefficient (Wildman–Crippen LogP) is 6.85. The molecule has 0 saturated heterocycles. The zero-order valence-electron chi connectivity index (χ0n) is 18.8. The summed E-state index contributed by atoms with van der Waals surface area (Å²) in [6, 6.07) is 13.2. The summed E-state index contributed by atoms with van der Waals surface area (Å²) in [4.78, 5) is 25.3. The quantitative estimate of drug-likeness (QED) is 0.266. The molecule has 0 saturated carbocycles. The molecule has 1 heterocycles. The minimum Gasteiger partial charge on any atom is -0.462 e. The second-order valence-electron chi connectivity index (χ2n) is 8.00. The van der Waals surface area contributed by atoms with Gasteiger partial charge in [0.1, 0.15) is 11.3 Å². The minimum atomic E-state index is -0.486. The van der Waals surface area contributed by atoms with Crippen LogP contribution in [0.25, 0.3) is 22.3 Å². The third kappa shape index (κ3) is 5.43. The zero-order valence-corrected chi connectivity index (χ0v) is 18.8. The first kappa shape index (κ1) is 22.8. The highest BCUT2D eigenvalue weighted by Gasteiger charge is 2.19. The molecule has 0 aliphatic rings. The number of ether oxygens (including phenoxy) is 1. The van der Waals surface area contributed by atoms with Gasteiger partial charge in [0.15, 0.2) is 11.0 Å². The zero-order chi connectivity index (χ0) is 22.2. The highest BCUT2D eigenvalue weighted by Crippen LogP contribution is 2.28. The highest BCUT2D eigenvalue weighted by molar-refractivity contribution is 6.02. The summed E-state index contributed by atoms with van der Waals surface area (Å²) in [6.07, 6.45) is 8.72. The molecule has 164 valence electrons. The maximum atomic E-state index is 13.0. The SMILES string of the molecule is CCCCCCCCc1ccc(-c2oc3c(C(=O)OCC)cccc3c(=O)c2C)cc1. The molecule has 31 heavy (non-hydrogen) atoms. The van der Waals surface area contributed by atoms with Gasteiger partial charge in [0.25, 0.3) is 0 Å². The number of fused-ring (bicyclic) bond motifs is 1. The molecule has 0 aliphatic carbocycles. The lowest BCUT2D eigenvalue weighted by Crippen LogP contribution is -2.11. The minimum absolute atomic E-state index is 0.126. The van der Waals surface area contributed by atoms with E-state index in [1.165, 1.54) is 44.1 Å². The molecule has 2 aromatic carbocycles. The Hall–Kier alpha value is -2.88. The van der Waals surface area contributed by atoms with Crippen LogP contribution in [0.1, 0.15) is 73.9 Å². The number of carbonyl (C=O) groups is 1. The lowest BCUT2D eigenvalue weighted by Gasteiger charge is -2.10. The van der Waals surface area contributed by atoms with E-state index in [0.29, 0.717) is 16.7 Å². The van der Waals surface area contributed by atoms with Crippen LogP contribution in [0.4, 0.5) is 0 Å². The lowest BCUT2D eigenvalue weighted by atomic mass is 10.0. The van der Waals surface area contributed by atoms with Crippen LogP contribution in [0.5, 0.6) is 0 Å². The van der Waals surface area contributed by atoms with Crippen LogP contribution in [0, 0.1) is 6.92 Å². The number of benzene rings is 2. The van der Waals surface area contributed by atoms with Crippen molar-refractivity contribution < 1.29 is 13.9 Å². The Morgan fingerprint density at radius 1 is 0.935 bits per heavy atom. The van der Waals surface area contributed by atoms with Gasteiger partial charge in [-0.05, 0) is 44.4 Å². The summed E-state index contributed by atoms with van der Waals surface area (Å²) in [5.74, 6) is 0.0145. The summed E-state index contributed by atoms with van der Waals surface area (Å²) in [5.41, 5.74) is 3.09. The summed E-state index contributed by atoms with van der Waals surface area (Å²) in [6.45, 7) is 6.01. The first-order valence-electron chi connectivity index (χ1n) is 11.4. The van der Waals surface area contributed by atoms with Gasteiger partial charge >= 0.3 is 5.97 Å². The number of esters is 1. The second-order valence-corrected chi connectivity index (χ2v) is 8.00. The van der Waals surface area contributed by atoms with E-state index >= 15 is 0 Å². The molecule has 3 aromatic rings. The Kier molecular flexibility index (Phi) is 8.05. The molecular formula is C27H32O4. The molecule has 0 unspecified atom stereocenters. The van der Waals surface area contributed by atoms with Gasteiger partial charge in [-0.3, -0.25) is 4.79 Å². The number of hydrogen-bond acceptors (Lipinski definition) is 4. The van der Waals surface area contributed by atoms with Gasteiger partial charge in [-0.15, -0.1) is 0 Å². The summed E-state index contributed by atoms with van der Waals surface area (Å²) in [7, 11) is 0. The molecule has 0 fully saturated rings. The van der Waals surface area contributed by atoms with Gasteiger partial charge in [-0.2, -0.15) is 0 Å². The van der Waals surface area contributed by atoms with Crippen LogP contribution >= 0.6 is 0 Å². The lowest BCUT2D eigenvalue weighted by molar-refractivity contribution is 0.0527. The van der Waals surface area contributed by atoms with E-state index in [0.717, 1.165) is 12.0 Å². The highest BCUT2D eigenvalue weighted by atomic mass is 16.5. The molecule has 1 aromatic heterocycles. The maximum Gasteiger partial charge on any atom is 0.341 e. The van der Waals surface area contributed by atoms with Crippen LogP contribution in [-0.2, 0) is 11.2 Å². The van der Waals surface area contributed by atoms with Crippen molar-refractivity contribution in [3.63, 3.8) is 0 Å². The maximum absolute atomic E-state index is 13.0. The molecule has 3 rings (SSSR count). The van der Waals surface area contributed by atoms with Crippen molar-refractivity contribution in [3.05, 3.63) is 69.4 Å². The van der Waals surface area contributed by atoms with Crippen molar-refractivity contribution in [3.8, 4) is 11.3 Å². The number of aryl methyl sites for hydroxylation is 1. The van der Waals surface area contributed by atoms with E-state index in [-0.39, 0.29) is 23.2 Å². The smallest absolute Gasteiger partial charge is 0.341 e. The van der Waals surface area contributed by atoms with E-state index in [2.05, 4.69) is 19.1 Å².